The number of carbonyl (C=O) groups is 2. The second-order valence-electron chi connectivity index (χ2n) is 4.53. The Morgan fingerprint density at radius 1 is 1.30 bits per heavy atom. The molecule has 2 aromatic rings. The molecule has 0 saturated carbocycles. The van der Waals surface area contributed by atoms with Gasteiger partial charge in [-0.1, -0.05) is 35.0 Å². The van der Waals surface area contributed by atoms with E-state index in [9.17, 15) is 9.59 Å². The lowest BCUT2D eigenvalue weighted by molar-refractivity contribution is 0.0649. The van der Waals surface area contributed by atoms with Crippen LogP contribution in [-0.2, 0) is 6.54 Å². The zero-order chi connectivity index (χ0) is 14.7. The second kappa shape index (κ2) is 5.56. The van der Waals surface area contributed by atoms with Crippen molar-refractivity contribution in [1.29, 1.82) is 0 Å². The van der Waals surface area contributed by atoms with Crippen LogP contribution in [0.2, 0.25) is 0 Å². The van der Waals surface area contributed by atoms with Crippen molar-refractivity contribution >= 4 is 11.9 Å². The van der Waals surface area contributed by atoms with Crippen LogP contribution < -0.4 is 0 Å². The first-order valence-electron chi connectivity index (χ1n) is 5.98. The number of nitrogens with zero attached hydrogens (tertiary/aromatic N) is 2. The van der Waals surface area contributed by atoms with Crippen molar-refractivity contribution in [3.05, 3.63) is 52.9 Å². The molecule has 0 spiro atoms. The molecule has 0 saturated heterocycles. The van der Waals surface area contributed by atoms with Gasteiger partial charge < -0.3 is 14.5 Å². The lowest BCUT2D eigenvalue weighted by Gasteiger charge is -2.15. The molecule has 2 rings (SSSR count). The molecule has 104 valence electrons. The van der Waals surface area contributed by atoms with E-state index in [1.807, 2.05) is 31.2 Å². The van der Waals surface area contributed by atoms with Gasteiger partial charge in [-0.2, -0.15) is 0 Å². The molecule has 0 aliphatic carbocycles. The first-order chi connectivity index (χ1) is 9.47. The molecule has 0 atom stereocenters. The number of carbonyl (C=O) groups excluding carboxylic acids is 1. The minimum Gasteiger partial charge on any atom is -0.475 e. The van der Waals surface area contributed by atoms with E-state index in [1.165, 1.54) is 4.90 Å². The van der Waals surface area contributed by atoms with Crippen LogP contribution in [0.15, 0.2) is 34.9 Å². The normalized spacial score (nSPS) is 10.3. The van der Waals surface area contributed by atoms with Gasteiger partial charge in [-0.3, -0.25) is 4.79 Å². The van der Waals surface area contributed by atoms with Crippen LogP contribution in [0.5, 0.6) is 0 Å². The highest BCUT2D eigenvalue weighted by Gasteiger charge is 2.19. The molecule has 0 aliphatic rings. The summed E-state index contributed by atoms with van der Waals surface area (Å²) in [5.74, 6) is -1.99. The van der Waals surface area contributed by atoms with Crippen LogP contribution >= 0.6 is 0 Å². The number of hydrogen-bond acceptors (Lipinski definition) is 4. The Morgan fingerprint density at radius 3 is 2.50 bits per heavy atom. The maximum Gasteiger partial charge on any atom is 0.374 e. The molecule has 1 aromatic heterocycles. The first kappa shape index (κ1) is 13.8. The Morgan fingerprint density at radius 2 is 1.95 bits per heavy atom. The number of aromatic nitrogens is 1. The molecule has 0 aliphatic heterocycles. The van der Waals surface area contributed by atoms with Crippen LogP contribution in [0, 0.1) is 6.92 Å². The molecule has 0 fully saturated rings. The van der Waals surface area contributed by atoms with Crippen LogP contribution in [-0.4, -0.2) is 34.1 Å². The van der Waals surface area contributed by atoms with Crippen LogP contribution in [0.3, 0.4) is 0 Å². The summed E-state index contributed by atoms with van der Waals surface area (Å²) < 4.78 is 4.57. The third-order valence-electron chi connectivity index (χ3n) is 2.83. The zero-order valence-electron chi connectivity index (χ0n) is 11.2. The van der Waals surface area contributed by atoms with Gasteiger partial charge in [-0.25, -0.2) is 4.79 Å². The van der Waals surface area contributed by atoms with E-state index in [0.717, 1.165) is 17.2 Å². The van der Waals surface area contributed by atoms with E-state index in [0.29, 0.717) is 6.54 Å². The summed E-state index contributed by atoms with van der Waals surface area (Å²) >= 11 is 0. The molecular formula is C14H14N2O4. The third kappa shape index (κ3) is 3.03. The Kier molecular flexibility index (Phi) is 3.84. The fourth-order valence-corrected chi connectivity index (χ4v) is 1.71. The number of benzene rings is 1. The van der Waals surface area contributed by atoms with Crippen LogP contribution in [0.1, 0.15) is 32.2 Å². The van der Waals surface area contributed by atoms with Crippen molar-refractivity contribution in [2.75, 3.05) is 7.05 Å². The maximum atomic E-state index is 12.1. The van der Waals surface area contributed by atoms with E-state index in [1.54, 1.807) is 7.05 Å². The van der Waals surface area contributed by atoms with Crippen LogP contribution in [0.4, 0.5) is 0 Å². The van der Waals surface area contributed by atoms with Gasteiger partial charge in [-0.05, 0) is 12.5 Å². The Bertz CT molecular complexity index is 631. The zero-order valence-corrected chi connectivity index (χ0v) is 11.2. The monoisotopic (exact) mass is 274 g/mol. The summed E-state index contributed by atoms with van der Waals surface area (Å²) in [5, 5.41) is 12.2. The summed E-state index contributed by atoms with van der Waals surface area (Å²) in [4.78, 5) is 24.2. The maximum absolute atomic E-state index is 12.1. The van der Waals surface area contributed by atoms with Crippen molar-refractivity contribution in [3.8, 4) is 0 Å². The van der Waals surface area contributed by atoms with Crippen LogP contribution in [0.25, 0.3) is 0 Å². The Balaban J connectivity index is 2.07. The Labute approximate surface area is 115 Å². The lowest BCUT2D eigenvalue weighted by atomic mass is 10.1. The average Bonchev–Trinajstić information content (AvgIpc) is 2.90. The molecule has 6 nitrogen and oxygen atoms in total. The fourth-order valence-electron chi connectivity index (χ4n) is 1.71. The van der Waals surface area contributed by atoms with Gasteiger partial charge in [0, 0.05) is 19.7 Å². The van der Waals surface area contributed by atoms with Gasteiger partial charge in [0.1, 0.15) is 0 Å². The van der Waals surface area contributed by atoms with E-state index < -0.39 is 5.97 Å². The highest BCUT2D eigenvalue weighted by atomic mass is 16.5. The molecule has 0 radical (unpaired) electrons. The number of amides is 1. The molecule has 1 heterocycles. The number of carboxylic acid groups (broad SMARTS) is 1. The minimum absolute atomic E-state index is 0.0167. The van der Waals surface area contributed by atoms with Gasteiger partial charge >= 0.3 is 5.97 Å². The predicted molar refractivity (Wildman–Crippen MR) is 70.4 cm³/mol. The molecule has 0 bridgehead atoms. The number of aryl methyl sites for hydroxylation is 1. The molecule has 1 aromatic carbocycles. The van der Waals surface area contributed by atoms with Gasteiger partial charge in [0.2, 0.25) is 5.76 Å². The lowest BCUT2D eigenvalue weighted by Crippen LogP contribution is -2.26. The van der Waals surface area contributed by atoms with Crippen molar-refractivity contribution in [2.24, 2.45) is 0 Å². The smallest absolute Gasteiger partial charge is 0.374 e. The summed E-state index contributed by atoms with van der Waals surface area (Å²) in [6, 6.07) is 8.92. The summed E-state index contributed by atoms with van der Waals surface area (Å²) in [7, 11) is 1.62. The molecular weight excluding hydrogens is 260 g/mol. The van der Waals surface area contributed by atoms with Gasteiger partial charge in [0.05, 0.1) is 0 Å². The molecule has 1 amide bonds. The van der Waals surface area contributed by atoms with E-state index in [4.69, 9.17) is 5.11 Å². The number of hydrogen-bond donors (Lipinski definition) is 1. The van der Waals surface area contributed by atoms with Gasteiger partial charge in [-0.15, -0.1) is 0 Å². The standard InChI is InChI=1S/C14H14N2O4/c1-9-3-5-10(6-4-9)8-16(2)13(17)11-7-12(14(18)19)20-15-11/h3-7H,8H2,1-2H3,(H,18,19). The summed E-state index contributed by atoms with van der Waals surface area (Å²) in [6.45, 7) is 2.40. The molecule has 0 unspecified atom stereocenters. The van der Waals surface area contributed by atoms with Crippen molar-refractivity contribution in [2.45, 2.75) is 13.5 Å². The van der Waals surface area contributed by atoms with Gasteiger partial charge in [0.15, 0.2) is 5.69 Å². The van der Waals surface area contributed by atoms with E-state index in [-0.39, 0.29) is 17.4 Å². The second-order valence-corrected chi connectivity index (χ2v) is 4.53. The average molecular weight is 274 g/mol. The molecule has 6 heteroatoms. The fraction of sp³-hybridized carbons (Fsp3) is 0.214. The van der Waals surface area contributed by atoms with Crippen molar-refractivity contribution in [1.82, 2.24) is 10.1 Å². The predicted octanol–water partition coefficient (Wildman–Crippen LogP) is 1.95. The first-order valence-corrected chi connectivity index (χ1v) is 5.98. The molecule has 20 heavy (non-hydrogen) atoms. The summed E-state index contributed by atoms with van der Waals surface area (Å²) in [6.07, 6.45) is 0. The highest BCUT2D eigenvalue weighted by Crippen LogP contribution is 2.10. The highest BCUT2D eigenvalue weighted by molar-refractivity contribution is 5.94. The van der Waals surface area contributed by atoms with E-state index >= 15 is 0 Å². The number of carboxylic acids is 1. The summed E-state index contributed by atoms with van der Waals surface area (Å²) in [5.41, 5.74) is 2.11. The van der Waals surface area contributed by atoms with Crippen molar-refractivity contribution in [3.63, 3.8) is 0 Å². The Hall–Kier alpha value is -2.63. The third-order valence-corrected chi connectivity index (χ3v) is 2.83. The number of rotatable bonds is 4. The topological polar surface area (TPSA) is 83.6 Å². The largest absolute Gasteiger partial charge is 0.475 e. The quantitative estimate of drug-likeness (QED) is 0.921. The van der Waals surface area contributed by atoms with E-state index in [2.05, 4.69) is 9.68 Å². The number of aromatic carboxylic acids is 1. The van der Waals surface area contributed by atoms with Gasteiger partial charge in [0.25, 0.3) is 5.91 Å². The minimum atomic E-state index is -1.25. The molecule has 1 N–H and O–H groups in total. The van der Waals surface area contributed by atoms with Crippen molar-refractivity contribution < 1.29 is 19.2 Å². The SMILES string of the molecule is Cc1ccc(CN(C)C(=O)c2cc(C(=O)O)on2)cc1.